The topological polar surface area (TPSA) is 53.2 Å². The molecule has 106 valence electrons. The van der Waals surface area contributed by atoms with E-state index in [2.05, 4.69) is 4.98 Å². The first-order valence-electron chi connectivity index (χ1n) is 6.76. The Morgan fingerprint density at radius 1 is 1.15 bits per heavy atom. The lowest BCUT2D eigenvalue weighted by atomic mass is 10.1. The van der Waals surface area contributed by atoms with Crippen LogP contribution in [0.15, 0.2) is 16.8 Å². The molecule has 0 fully saturated rings. The molecular weight excluding hydrogens is 252 g/mol. The number of nitrogens with zero attached hydrogens (tertiary/aromatic N) is 1. The van der Waals surface area contributed by atoms with Gasteiger partial charge in [-0.1, -0.05) is 6.92 Å². The average molecular weight is 272 g/mol. The first-order valence-corrected chi connectivity index (χ1v) is 6.76. The van der Waals surface area contributed by atoms with E-state index in [-0.39, 0.29) is 5.91 Å². The van der Waals surface area contributed by atoms with E-state index >= 15 is 0 Å². The van der Waals surface area contributed by atoms with Crippen LogP contribution >= 0.6 is 0 Å². The molecule has 1 amide bonds. The molecular formula is C16H20N2O2. The third-order valence-corrected chi connectivity index (χ3v) is 4.14. The molecule has 1 N–H and O–H groups in total. The number of aldehydes is 1. The maximum Gasteiger partial charge on any atom is 0.254 e. The SMILES string of the molecule is CCC1=C(C)C(=O)N(C)/C1=C/c1[nH]c(C=O)c(C)c1C. The summed E-state index contributed by atoms with van der Waals surface area (Å²) in [6.45, 7) is 7.80. The zero-order valence-corrected chi connectivity index (χ0v) is 12.6. The molecule has 0 atom stereocenters. The molecule has 0 saturated heterocycles. The van der Waals surface area contributed by atoms with Crippen molar-refractivity contribution in [2.24, 2.45) is 0 Å². The Hall–Kier alpha value is -2.10. The van der Waals surface area contributed by atoms with Gasteiger partial charge in [-0.3, -0.25) is 9.59 Å². The van der Waals surface area contributed by atoms with Crippen molar-refractivity contribution >= 4 is 18.3 Å². The summed E-state index contributed by atoms with van der Waals surface area (Å²) >= 11 is 0. The van der Waals surface area contributed by atoms with Crippen molar-refractivity contribution < 1.29 is 9.59 Å². The number of hydrogen-bond acceptors (Lipinski definition) is 2. The van der Waals surface area contributed by atoms with Gasteiger partial charge in [-0.15, -0.1) is 0 Å². The second kappa shape index (κ2) is 5.12. The molecule has 2 rings (SSSR count). The number of likely N-dealkylation sites (N-methyl/N-ethyl adjacent to an activating group) is 1. The fraction of sp³-hybridized carbons (Fsp3) is 0.375. The summed E-state index contributed by atoms with van der Waals surface area (Å²) < 4.78 is 0. The summed E-state index contributed by atoms with van der Waals surface area (Å²) in [5.41, 5.74) is 6.27. The fourth-order valence-corrected chi connectivity index (χ4v) is 2.65. The number of nitrogens with one attached hydrogen (secondary N) is 1. The van der Waals surface area contributed by atoms with E-state index in [0.29, 0.717) is 5.69 Å². The number of carbonyl (C=O) groups excluding carboxylic acids is 2. The van der Waals surface area contributed by atoms with Crippen molar-refractivity contribution in [3.63, 3.8) is 0 Å². The number of allylic oxidation sites excluding steroid dienone is 1. The van der Waals surface area contributed by atoms with Crippen LogP contribution in [0.3, 0.4) is 0 Å². The van der Waals surface area contributed by atoms with Gasteiger partial charge < -0.3 is 9.88 Å². The second-order valence-electron chi connectivity index (χ2n) is 5.17. The molecule has 0 unspecified atom stereocenters. The Kier molecular flexibility index (Phi) is 3.66. The lowest BCUT2D eigenvalue weighted by molar-refractivity contribution is -0.123. The van der Waals surface area contributed by atoms with Gasteiger partial charge in [0, 0.05) is 24.0 Å². The lowest BCUT2D eigenvalue weighted by Gasteiger charge is -2.13. The predicted molar refractivity (Wildman–Crippen MR) is 79.4 cm³/mol. The Balaban J connectivity index is 2.56. The minimum atomic E-state index is 0.0460. The molecule has 0 saturated carbocycles. The van der Waals surface area contributed by atoms with Crippen molar-refractivity contribution in [3.05, 3.63) is 39.4 Å². The largest absolute Gasteiger partial charge is 0.352 e. The number of rotatable bonds is 3. The number of aromatic amines is 1. The molecule has 0 spiro atoms. The standard InChI is InChI=1S/C16H20N2O2/c1-6-12-11(4)16(20)18(5)15(12)7-13-9(2)10(3)14(8-19)17-13/h7-8,17H,6H2,1-5H3/b15-7+. The molecule has 2 heterocycles. The Morgan fingerprint density at radius 3 is 2.25 bits per heavy atom. The molecule has 1 aliphatic rings. The molecule has 0 bridgehead atoms. The van der Waals surface area contributed by atoms with E-state index in [9.17, 15) is 9.59 Å². The second-order valence-corrected chi connectivity index (χ2v) is 5.17. The maximum atomic E-state index is 12.0. The van der Waals surface area contributed by atoms with Crippen molar-refractivity contribution in [3.8, 4) is 0 Å². The van der Waals surface area contributed by atoms with Gasteiger partial charge in [0.05, 0.1) is 5.69 Å². The molecule has 1 aromatic rings. The number of carbonyl (C=O) groups is 2. The quantitative estimate of drug-likeness (QED) is 0.860. The molecule has 0 aromatic carbocycles. The van der Waals surface area contributed by atoms with Crippen LogP contribution < -0.4 is 0 Å². The van der Waals surface area contributed by atoms with Gasteiger partial charge in [-0.25, -0.2) is 0 Å². The monoisotopic (exact) mass is 272 g/mol. The number of H-pyrrole nitrogens is 1. The molecule has 0 aliphatic carbocycles. The van der Waals surface area contributed by atoms with Crippen LogP contribution in [-0.2, 0) is 4.79 Å². The first kappa shape index (κ1) is 14.3. The number of amides is 1. The highest BCUT2D eigenvalue weighted by atomic mass is 16.2. The summed E-state index contributed by atoms with van der Waals surface area (Å²) in [7, 11) is 1.78. The third-order valence-electron chi connectivity index (χ3n) is 4.14. The van der Waals surface area contributed by atoms with Crippen LogP contribution in [-0.4, -0.2) is 29.1 Å². The number of hydrogen-bond donors (Lipinski definition) is 1. The van der Waals surface area contributed by atoms with Crippen LogP contribution in [0, 0.1) is 13.8 Å². The van der Waals surface area contributed by atoms with Crippen molar-refractivity contribution in [2.75, 3.05) is 7.05 Å². The highest BCUT2D eigenvalue weighted by Gasteiger charge is 2.28. The van der Waals surface area contributed by atoms with E-state index in [1.807, 2.05) is 33.8 Å². The molecule has 20 heavy (non-hydrogen) atoms. The Labute approximate surface area is 119 Å². The number of aromatic nitrogens is 1. The van der Waals surface area contributed by atoms with Gasteiger partial charge in [0.1, 0.15) is 0 Å². The third kappa shape index (κ3) is 2.01. The predicted octanol–water partition coefficient (Wildman–Crippen LogP) is 2.98. The van der Waals surface area contributed by atoms with Crippen LogP contribution in [0.25, 0.3) is 6.08 Å². The molecule has 1 aliphatic heterocycles. The minimum Gasteiger partial charge on any atom is -0.352 e. The first-order chi connectivity index (χ1) is 9.42. The molecule has 4 heteroatoms. The smallest absolute Gasteiger partial charge is 0.254 e. The summed E-state index contributed by atoms with van der Waals surface area (Å²) in [6.07, 6.45) is 3.60. The Morgan fingerprint density at radius 2 is 1.75 bits per heavy atom. The zero-order chi connectivity index (χ0) is 15.0. The average Bonchev–Trinajstić information content (AvgIpc) is 2.82. The molecule has 1 aromatic heterocycles. The van der Waals surface area contributed by atoms with Gasteiger partial charge in [0.2, 0.25) is 0 Å². The summed E-state index contributed by atoms with van der Waals surface area (Å²) in [6, 6.07) is 0. The summed E-state index contributed by atoms with van der Waals surface area (Å²) in [5.74, 6) is 0.0460. The lowest BCUT2D eigenvalue weighted by Crippen LogP contribution is -2.20. The van der Waals surface area contributed by atoms with Crippen molar-refractivity contribution in [1.29, 1.82) is 0 Å². The van der Waals surface area contributed by atoms with Gasteiger partial charge >= 0.3 is 0 Å². The van der Waals surface area contributed by atoms with Gasteiger partial charge in [-0.2, -0.15) is 0 Å². The zero-order valence-electron chi connectivity index (χ0n) is 12.6. The summed E-state index contributed by atoms with van der Waals surface area (Å²) in [5, 5.41) is 0. The van der Waals surface area contributed by atoms with E-state index < -0.39 is 0 Å². The van der Waals surface area contributed by atoms with Crippen LogP contribution in [0.2, 0.25) is 0 Å². The highest BCUT2D eigenvalue weighted by molar-refractivity contribution is 6.00. The van der Waals surface area contributed by atoms with Crippen molar-refractivity contribution in [2.45, 2.75) is 34.1 Å². The van der Waals surface area contributed by atoms with E-state index in [0.717, 1.165) is 46.4 Å². The highest BCUT2D eigenvalue weighted by Crippen LogP contribution is 2.32. The van der Waals surface area contributed by atoms with Crippen molar-refractivity contribution in [1.82, 2.24) is 9.88 Å². The van der Waals surface area contributed by atoms with E-state index in [1.54, 1.807) is 11.9 Å². The molecule has 0 radical (unpaired) electrons. The van der Waals surface area contributed by atoms with Crippen LogP contribution in [0.5, 0.6) is 0 Å². The van der Waals surface area contributed by atoms with Gasteiger partial charge in [0.25, 0.3) is 5.91 Å². The van der Waals surface area contributed by atoms with Crippen LogP contribution in [0.4, 0.5) is 0 Å². The summed E-state index contributed by atoms with van der Waals surface area (Å²) in [4.78, 5) is 27.8. The Bertz CT molecular complexity index is 648. The maximum absolute atomic E-state index is 12.0. The van der Waals surface area contributed by atoms with E-state index in [4.69, 9.17) is 0 Å². The normalized spacial score (nSPS) is 17.6. The molecule has 4 nitrogen and oxygen atoms in total. The van der Waals surface area contributed by atoms with Crippen LogP contribution in [0.1, 0.15) is 47.6 Å². The van der Waals surface area contributed by atoms with Gasteiger partial charge in [-0.05, 0) is 50.0 Å². The minimum absolute atomic E-state index is 0.0460. The van der Waals surface area contributed by atoms with Gasteiger partial charge in [0.15, 0.2) is 6.29 Å². The van der Waals surface area contributed by atoms with E-state index in [1.165, 1.54) is 0 Å². The fourth-order valence-electron chi connectivity index (χ4n) is 2.65.